The van der Waals surface area contributed by atoms with E-state index in [1.807, 2.05) is 25.1 Å². The number of rotatable bonds is 5. The second-order valence-corrected chi connectivity index (χ2v) is 8.30. The van der Waals surface area contributed by atoms with E-state index in [4.69, 9.17) is 4.74 Å². The van der Waals surface area contributed by atoms with E-state index >= 15 is 0 Å². The van der Waals surface area contributed by atoms with Crippen molar-refractivity contribution in [3.8, 4) is 0 Å². The minimum absolute atomic E-state index is 0.102. The van der Waals surface area contributed by atoms with Crippen LogP contribution in [-0.4, -0.2) is 45.5 Å². The van der Waals surface area contributed by atoms with Crippen LogP contribution in [0.1, 0.15) is 31.4 Å². The minimum Gasteiger partial charge on any atom is -0.377 e. The molecule has 6 nitrogen and oxygen atoms in total. The molecule has 1 aliphatic rings. The van der Waals surface area contributed by atoms with Crippen LogP contribution in [0.5, 0.6) is 0 Å². The van der Waals surface area contributed by atoms with Gasteiger partial charge in [-0.15, -0.1) is 0 Å². The smallest absolute Gasteiger partial charge is 0.245 e. The van der Waals surface area contributed by atoms with Gasteiger partial charge in [0.1, 0.15) is 0 Å². The third kappa shape index (κ3) is 3.73. The number of amides is 1. The molecule has 1 heterocycles. The number of ether oxygens (including phenoxy) is 1. The van der Waals surface area contributed by atoms with E-state index in [9.17, 15) is 13.2 Å². The Morgan fingerprint density at radius 3 is 2.57 bits per heavy atom. The van der Waals surface area contributed by atoms with Gasteiger partial charge in [0.15, 0.2) is 14.6 Å². The molecule has 23 heavy (non-hydrogen) atoms. The third-order valence-electron chi connectivity index (χ3n) is 4.50. The van der Waals surface area contributed by atoms with Gasteiger partial charge in [0.25, 0.3) is 0 Å². The fourth-order valence-corrected chi connectivity index (χ4v) is 4.18. The lowest BCUT2D eigenvalue weighted by atomic mass is 9.95. The lowest BCUT2D eigenvalue weighted by molar-refractivity contribution is -0.119. The maximum atomic E-state index is 12.7. The average Bonchev–Trinajstić information content (AvgIpc) is 2.54. The lowest BCUT2D eigenvalue weighted by Crippen LogP contribution is -2.55. The Hall–Kier alpha value is -1.44. The van der Waals surface area contributed by atoms with Crippen LogP contribution >= 0.6 is 0 Å². The van der Waals surface area contributed by atoms with E-state index in [-0.39, 0.29) is 18.9 Å². The van der Waals surface area contributed by atoms with Gasteiger partial charge in [-0.2, -0.15) is 0 Å². The number of hydrogen-bond donors (Lipinski definition) is 2. The molecule has 1 amide bonds. The monoisotopic (exact) mass is 340 g/mol. The molecule has 2 N–H and O–H groups in total. The second-order valence-electron chi connectivity index (χ2n) is 5.97. The summed E-state index contributed by atoms with van der Waals surface area (Å²) in [6.07, 6.45) is 1.61. The molecule has 1 aromatic carbocycles. The average molecular weight is 340 g/mol. The van der Waals surface area contributed by atoms with Gasteiger partial charge in [-0.05, 0) is 50.6 Å². The fraction of sp³-hybridized carbons (Fsp3) is 0.562. The van der Waals surface area contributed by atoms with Crippen molar-refractivity contribution in [3.63, 3.8) is 0 Å². The van der Waals surface area contributed by atoms with Crippen LogP contribution < -0.4 is 10.6 Å². The van der Waals surface area contributed by atoms with Crippen LogP contribution in [0.15, 0.2) is 24.3 Å². The quantitative estimate of drug-likeness (QED) is 0.848. The van der Waals surface area contributed by atoms with E-state index in [1.165, 1.54) is 0 Å². The fourth-order valence-electron chi connectivity index (χ4n) is 2.85. The predicted molar refractivity (Wildman–Crippen MR) is 90.2 cm³/mol. The highest BCUT2D eigenvalue weighted by atomic mass is 32.2. The normalized spacial score (nSPS) is 19.1. The summed E-state index contributed by atoms with van der Waals surface area (Å²) in [5, 5.41) is 5.88. The van der Waals surface area contributed by atoms with Crippen molar-refractivity contribution in [2.75, 3.05) is 31.8 Å². The van der Waals surface area contributed by atoms with E-state index in [0.29, 0.717) is 18.8 Å². The van der Waals surface area contributed by atoms with E-state index in [1.54, 1.807) is 13.2 Å². The molecule has 1 unspecified atom stereocenters. The molecule has 0 bridgehead atoms. The van der Waals surface area contributed by atoms with Crippen LogP contribution in [0.4, 0.5) is 5.69 Å². The Balaban J connectivity index is 2.26. The summed E-state index contributed by atoms with van der Waals surface area (Å²) in [6.45, 7) is 2.94. The van der Waals surface area contributed by atoms with Gasteiger partial charge in [-0.3, -0.25) is 4.79 Å². The molecule has 1 aromatic rings. The maximum absolute atomic E-state index is 12.7. The minimum atomic E-state index is -3.51. The Kier molecular flexibility index (Phi) is 5.44. The Labute approximate surface area is 137 Å². The van der Waals surface area contributed by atoms with Crippen molar-refractivity contribution in [3.05, 3.63) is 29.8 Å². The molecule has 1 atom stereocenters. The molecule has 0 aliphatic carbocycles. The Morgan fingerprint density at radius 2 is 2.00 bits per heavy atom. The molecule has 0 spiro atoms. The summed E-state index contributed by atoms with van der Waals surface area (Å²) in [7, 11) is -1.90. The first-order valence-electron chi connectivity index (χ1n) is 7.65. The Morgan fingerprint density at radius 1 is 1.35 bits per heavy atom. The molecular formula is C16H24N2O4S. The van der Waals surface area contributed by atoms with Crippen molar-refractivity contribution >= 4 is 21.4 Å². The number of carbonyl (C=O) groups excluding carboxylic acids is 1. The van der Waals surface area contributed by atoms with Gasteiger partial charge >= 0.3 is 0 Å². The molecular weight excluding hydrogens is 316 g/mol. The summed E-state index contributed by atoms with van der Waals surface area (Å²) < 4.78 is 28.4. The molecule has 0 saturated carbocycles. The molecule has 2 rings (SSSR count). The number of piperidine rings is 1. The maximum Gasteiger partial charge on any atom is 0.245 e. The van der Waals surface area contributed by atoms with Gasteiger partial charge in [0.2, 0.25) is 5.91 Å². The van der Waals surface area contributed by atoms with Gasteiger partial charge in [-0.1, -0.05) is 12.1 Å². The predicted octanol–water partition coefficient (Wildman–Crippen LogP) is 1.50. The number of hydrogen-bond acceptors (Lipinski definition) is 5. The first-order valence-corrected chi connectivity index (χ1v) is 9.54. The zero-order valence-electron chi connectivity index (χ0n) is 13.8. The van der Waals surface area contributed by atoms with Crippen molar-refractivity contribution in [1.29, 1.82) is 0 Å². The van der Waals surface area contributed by atoms with Crippen LogP contribution in [0.3, 0.4) is 0 Å². The van der Waals surface area contributed by atoms with Crippen LogP contribution in [0.25, 0.3) is 0 Å². The first-order chi connectivity index (χ1) is 10.8. The first kappa shape index (κ1) is 17.9. The summed E-state index contributed by atoms with van der Waals surface area (Å²) in [6, 6.07) is 7.28. The SMILES string of the molecule is COC(C)c1cccc(NC(=O)C2(S(C)(=O)=O)CCNCC2)c1. The van der Waals surface area contributed by atoms with Gasteiger partial charge < -0.3 is 15.4 Å². The molecule has 0 radical (unpaired) electrons. The lowest BCUT2D eigenvalue weighted by Gasteiger charge is -2.34. The summed E-state index contributed by atoms with van der Waals surface area (Å²) in [5.41, 5.74) is 1.50. The van der Waals surface area contributed by atoms with Gasteiger partial charge in [0, 0.05) is 19.1 Å². The number of benzene rings is 1. The highest BCUT2D eigenvalue weighted by Crippen LogP contribution is 2.30. The molecule has 0 aromatic heterocycles. The molecule has 128 valence electrons. The highest BCUT2D eigenvalue weighted by molar-refractivity contribution is 7.92. The molecule has 7 heteroatoms. The van der Waals surface area contributed by atoms with E-state index in [2.05, 4.69) is 10.6 Å². The molecule has 1 fully saturated rings. The van der Waals surface area contributed by atoms with Crippen molar-refractivity contribution in [2.45, 2.75) is 30.6 Å². The standard InChI is InChI=1S/C16H24N2O4S/c1-12(22-2)13-5-4-6-14(11-13)18-15(19)16(23(3,20)21)7-9-17-10-8-16/h4-6,11-12,17H,7-10H2,1-3H3,(H,18,19). The van der Waals surface area contributed by atoms with Crippen molar-refractivity contribution in [1.82, 2.24) is 5.32 Å². The van der Waals surface area contributed by atoms with E-state index < -0.39 is 20.5 Å². The number of methoxy groups -OCH3 is 1. The zero-order chi connectivity index (χ0) is 17.1. The van der Waals surface area contributed by atoms with Crippen molar-refractivity contribution < 1.29 is 17.9 Å². The number of carbonyl (C=O) groups is 1. The van der Waals surface area contributed by atoms with Crippen LogP contribution in [0.2, 0.25) is 0 Å². The molecule has 1 aliphatic heterocycles. The number of nitrogens with one attached hydrogen (secondary N) is 2. The van der Waals surface area contributed by atoms with Crippen LogP contribution in [0, 0.1) is 0 Å². The second kappa shape index (κ2) is 6.98. The van der Waals surface area contributed by atoms with Crippen LogP contribution in [-0.2, 0) is 19.4 Å². The summed E-state index contributed by atoms with van der Waals surface area (Å²) >= 11 is 0. The third-order valence-corrected chi connectivity index (χ3v) is 6.52. The summed E-state index contributed by atoms with van der Waals surface area (Å²) in [5.74, 6) is -0.455. The highest BCUT2D eigenvalue weighted by Gasteiger charge is 2.48. The largest absolute Gasteiger partial charge is 0.377 e. The molecule has 1 saturated heterocycles. The van der Waals surface area contributed by atoms with E-state index in [0.717, 1.165) is 11.8 Å². The number of sulfone groups is 1. The Bertz CT molecular complexity index is 666. The number of anilines is 1. The van der Waals surface area contributed by atoms with Gasteiger partial charge in [0.05, 0.1) is 6.10 Å². The topological polar surface area (TPSA) is 84.5 Å². The summed E-state index contributed by atoms with van der Waals surface area (Å²) in [4.78, 5) is 12.7. The zero-order valence-corrected chi connectivity index (χ0v) is 14.6. The van der Waals surface area contributed by atoms with Crippen molar-refractivity contribution in [2.24, 2.45) is 0 Å². The van der Waals surface area contributed by atoms with Gasteiger partial charge in [-0.25, -0.2) is 8.42 Å².